The fraction of sp³-hybridized carbons (Fsp3) is 0.351. The van der Waals surface area contributed by atoms with Crippen molar-refractivity contribution in [2.75, 3.05) is 40.4 Å². The molecular weight excluding hydrogens is 596 g/mol. The normalized spacial score (nSPS) is 13.6. The van der Waals surface area contributed by atoms with Crippen molar-refractivity contribution in [3.63, 3.8) is 0 Å². The predicted molar refractivity (Wildman–Crippen MR) is 181 cm³/mol. The van der Waals surface area contributed by atoms with Crippen LogP contribution in [0.2, 0.25) is 0 Å². The molecule has 0 amide bonds. The van der Waals surface area contributed by atoms with Gasteiger partial charge in [-0.1, -0.05) is 72.8 Å². The lowest BCUT2D eigenvalue weighted by atomic mass is 9.80. The van der Waals surface area contributed by atoms with Crippen molar-refractivity contribution < 1.29 is 24.0 Å². The van der Waals surface area contributed by atoms with Crippen LogP contribution in [0, 0.1) is 10.1 Å². The number of carbonyl (C=O) groups excluding carboxylic acids is 2. The molecule has 0 saturated heterocycles. The van der Waals surface area contributed by atoms with E-state index in [1.165, 1.54) is 23.3 Å². The molecule has 1 aliphatic heterocycles. The Hall–Kier alpha value is -4.80. The number of rotatable bonds is 16. The zero-order valence-corrected chi connectivity index (χ0v) is 27.6. The van der Waals surface area contributed by atoms with Crippen molar-refractivity contribution in [3.8, 4) is 0 Å². The molecule has 0 spiro atoms. The number of benzene rings is 3. The van der Waals surface area contributed by atoms with Crippen LogP contribution in [0.4, 0.5) is 5.69 Å². The quantitative estimate of drug-likeness (QED) is 0.0877. The van der Waals surface area contributed by atoms with Crippen LogP contribution in [0.3, 0.4) is 0 Å². The Morgan fingerprint density at radius 3 is 1.55 bits per heavy atom. The Morgan fingerprint density at radius 1 is 0.723 bits per heavy atom. The third-order valence-electron chi connectivity index (χ3n) is 8.06. The molecule has 0 radical (unpaired) electrons. The molecule has 4 rings (SSSR count). The first-order chi connectivity index (χ1) is 22.6. The molecule has 0 aliphatic carbocycles. The van der Waals surface area contributed by atoms with Gasteiger partial charge in [-0.25, -0.2) is 9.59 Å². The third kappa shape index (κ3) is 10.1. The Balaban J connectivity index is 1.42. The topological polar surface area (TPSA) is 114 Å². The summed E-state index contributed by atoms with van der Waals surface area (Å²) in [6.45, 7) is 6.92. The molecule has 0 saturated carbocycles. The van der Waals surface area contributed by atoms with E-state index in [0.717, 1.165) is 26.2 Å². The van der Waals surface area contributed by atoms with Crippen molar-refractivity contribution in [1.82, 2.24) is 15.1 Å². The number of carbonyl (C=O) groups is 2. The Morgan fingerprint density at radius 2 is 1.15 bits per heavy atom. The maximum absolute atomic E-state index is 13.6. The first-order valence-electron chi connectivity index (χ1n) is 15.9. The monoisotopic (exact) mass is 640 g/mol. The number of nitrogens with one attached hydrogen (secondary N) is 1. The molecule has 0 aromatic heterocycles. The lowest BCUT2D eigenvalue weighted by Crippen LogP contribution is -2.33. The molecule has 3 aromatic carbocycles. The van der Waals surface area contributed by atoms with Crippen molar-refractivity contribution in [2.45, 2.75) is 45.7 Å². The highest BCUT2D eigenvalue weighted by atomic mass is 16.6. The number of dihydropyridines is 1. The SMILES string of the molecule is CC1=C(C(=O)OCCCN(C)Cc2ccccc2)C(c2ccc([N+](=O)[O-])cc2)C(C(=O)OCCCN(C)Cc2ccccc2)=C(C)N1. The summed E-state index contributed by atoms with van der Waals surface area (Å²) in [5, 5.41) is 14.5. The van der Waals surface area contributed by atoms with Gasteiger partial charge in [-0.2, -0.15) is 0 Å². The Labute approximate surface area is 276 Å². The average molecular weight is 641 g/mol. The molecular formula is C37H44N4O6. The van der Waals surface area contributed by atoms with Gasteiger partial charge in [-0.15, -0.1) is 0 Å². The van der Waals surface area contributed by atoms with Crippen LogP contribution in [0.25, 0.3) is 0 Å². The van der Waals surface area contributed by atoms with E-state index < -0.39 is 22.8 Å². The fourth-order valence-corrected chi connectivity index (χ4v) is 5.76. The molecule has 0 unspecified atom stereocenters. The van der Waals surface area contributed by atoms with E-state index >= 15 is 0 Å². The van der Waals surface area contributed by atoms with Crippen LogP contribution in [0.15, 0.2) is 107 Å². The summed E-state index contributed by atoms with van der Waals surface area (Å²) in [5.74, 6) is -1.92. The van der Waals surface area contributed by atoms with Crippen LogP contribution < -0.4 is 5.32 Å². The van der Waals surface area contributed by atoms with Crippen LogP contribution in [-0.2, 0) is 32.2 Å². The van der Waals surface area contributed by atoms with Crippen LogP contribution in [-0.4, -0.2) is 67.1 Å². The summed E-state index contributed by atoms with van der Waals surface area (Å²) >= 11 is 0. The summed E-state index contributed by atoms with van der Waals surface area (Å²) in [5.41, 5.74) is 4.53. The number of non-ortho nitro benzene ring substituents is 1. The van der Waals surface area contributed by atoms with Crippen LogP contribution >= 0.6 is 0 Å². The highest BCUT2D eigenvalue weighted by Gasteiger charge is 2.38. The zero-order chi connectivity index (χ0) is 33.8. The van der Waals surface area contributed by atoms with Crippen molar-refractivity contribution >= 4 is 17.6 Å². The second-order valence-corrected chi connectivity index (χ2v) is 11.9. The first-order valence-corrected chi connectivity index (χ1v) is 15.9. The number of allylic oxidation sites excluding steroid dienone is 2. The Bertz CT molecular complexity index is 1480. The van der Waals surface area contributed by atoms with E-state index in [1.807, 2.05) is 50.5 Å². The maximum Gasteiger partial charge on any atom is 0.336 e. The third-order valence-corrected chi connectivity index (χ3v) is 8.06. The van der Waals surface area contributed by atoms with Crippen molar-refractivity contribution in [3.05, 3.63) is 134 Å². The van der Waals surface area contributed by atoms with Gasteiger partial charge in [-0.3, -0.25) is 10.1 Å². The van der Waals surface area contributed by atoms with Gasteiger partial charge in [0.2, 0.25) is 0 Å². The molecule has 47 heavy (non-hydrogen) atoms. The largest absolute Gasteiger partial charge is 0.462 e. The number of hydrogen-bond acceptors (Lipinski definition) is 9. The second kappa shape index (κ2) is 17.2. The lowest BCUT2D eigenvalue weighted by Gasteiger charge is -2.30. The minimum absolute atomic E-state index is 0.0865. The zero-order valence-electron chi connectivity index (χ0n) is 27.6. The van der Waals surface area contributed by atoms with E-state index in [0.29, 0.717) is 29.8 Å². The lowest BCUT2D eigenvalue weighted by molar-refractivity contribution is -0.384. The average Bonchev–Trinajstić information content (AvgIpc) is 3.05. The standard InChI is InChI=1S/C37H44N4O6/c1-27-33(36(42)46-23-11-21-39(3)25-29-13-7-5-8-14-29)35(31-17-19-32(20-18-31)41(44)45)34(28(2)38-27)37(43)47-24-12-22-40(4)26-30-15-9-6-10-16-30/h5-10,13-20,35,38H,11-12,21-26H2,1-4H3. The summed E-state index contributed by atoms with van der Waals surface area (Å²) < 4.78 is 11.5. The maximum atomic E-state index is 13.6. The summed E-state index contributed by atoms with van der Waals surface area (Å²) in [4.78, 5) is 42.5. The molecule has 0 fully saturated rings. The smallest absolute Gasteiger partial charge is 0.336 e. The summed E-state index contributed by atoms with van der Waals surface area (Å²) in [7, 11) is 4.04. The number of nitro groups is 1. The molecule has 0 bridgehead atoms. The Kier molecular flexibility index (Phi) is 12.8. The van der Waals surface area contributed by atoms with E-state index in [1.54, 1.807) is 26.0 Å². The fourth-order valence-electron chi connectivity index (χ4n) is 5.76. The van der Waals surface area contributed by atoms with Gasteiger partial charge in [0.15, 0.2) is 0 Å². The molecule has 10 nitrogen and oxygen atoms in total. The van der Waals surface area contributed by atoms with E-state index in [2.05, 4.69) is 39.4 Å². The van der Waals surface area contributed by atoms with Gasteiger partial charge in [0, 0.05) is 49.7 Å². The molecule has 1 N–H and O–H groups in total. The number of ether oxygens (including phenoxy) is 2. The van der Waals surface area contributed by atoms with Crippen molar-refractivity contribution in [1.29, 1.82) is 0 Å². The first kappa shape index (κ1) is 35.1. The molecule has 3 aromatic rings. The van der Waals surface area contributed by atoms with Gasteiger partial charge in [-0.05, 0) is 57.5 Å². The molecule has 1 aliphatic rings. The highest BCUT2D eigenvalue weighted by Crippen LogP contribution is 2.39. The van der Waals surface area contributed by atoms with E-state index in [-0.39, 0.29) is 30.0 Å². The molecule has 1 heterocycles. The number of nitrogens with zero attached hydrogens (tertiary/aromatic N) is 3. The van der Waals surface area contributed by atoms with Crippen LogP contribution in [0.1, 0.15) is 49.3 Å². The molecule has 0 atom stereocenters. The van der Waals surface area contributed by atoms with Crippen LogP contribution in [0.5, 0.6) is 0 Å². The summed E-state index contributed by atoms with van der Waals surface area (Å²) in [6, 6.07) is 26.2. The van der Waals surface area contributed by atoms with Gasteiger partial charge < -0.3 is 24.6 Å². The number of esters is 2. The molecule has 248 valence electrons. The second-order valence-electron chi connectivity index (χ2n) is 11.9. The van der Waals surface area contributed by atoms with E-state index in [4.69, 9.17) is 9.47 Å². The molecule has 10 heteroatoms. The van der Waals surface area contributed by atoms with Gasteiger partial charge >= 0.3 is 11.9 Å². The minimum Gasteiger partial charge on any atom is -0.462 e. The number of hydrogen-bond donors (Lipinski definition) is 1. The minimum atomic E-state index is -0.821. The highest BCUT2D eigenvalue weighted by molar-refractivity contribution is 5.99. The van der Waals surface area contributed by atoms with E-state index in [9.17, 15) is 19.7 Å². The van der Waals surface area contributed by atoms with Gasteiger partial charge in [0.1, 0.15) is 0 Å². The van der Waals surface area contributed by atoms with Crippen molar-refractivity contribution in [2.24, 2.45) is 0 Å². The van der Waals surface area contributed by atoms with Gasteiger partial charge in [0.05, 0.1) is 35.2 Å². The predicted octanol–water partition coefficient (Wildman–Crippen LogP) is 5.96. The summed E-state index contributed by atoms with van der Waals surface area (Å²) in [6.07, 6.45) is 1.25. The van der Waals surface area contributed by atoms with Gasteiger partial charge in [0.25, 0.3) is 5.69 Å². The number of nitro benzene ring substituents is 1.